The van der Waals surface area contributed by atoms with Crippen molar-refractivity contribution in [1.82, 2.24) is 0 Å². The number of rotatable bonds is 3. The minimum absolute atomic E-state index is 0.542. The number of para-hydroxylation sites is 1. The molecule has 1 nitrogen and oxygen atoms in total. The molecule has 0 atom stereocenters. The summed E-state index contributed by atoms with van der Waals surface area (Å²) in [5.74, 6) is 0.691. The van der Waals surface area contributed by atoms with E-state index in [4.69, 9.17) is 11.6 Å². The second kappa shape index (κ2) is 5.49. The maximum Gasteiger partial charge on any atom is 0.0640 e. The van der Waals surface area contributed by atoms with E-state index in [9.17, 15) is 0 Å². The molecule has 0 aliphatic heterocycles. The highest BCUT2D eigenvalue weighted by atomic mass is 35.5. The lowest BCUT2D eigenvalue weighted by Gasteiger charge is -2.37. The van der Waals surface area contributed by atoms with E-state index in [-0.39, 0.29) is 0 Å². The van der Waals surface area contributed by atoms with E-state index < -0.39 is 0 Å². The third-order valence-electron chi connectivity index (χ3n) is 4.26. The molecule has 1 fully saturated rings. The van der Waals surface area contributed by atoms with Crippen molar-refractivity contribution in [1.29, 1.82) is 0 Å². The second-order valence-corrected chi connectivity index (χ2v) is 6.26. The van der Waals surface area contributed by atoms with Gasteiger partial charge in [0, 0.05) is 6.04 Å². The standard InChI is InChI=1S/C18H20ClN/c1-12-6-8-14(9-7-12)15-10-16(11-15)20-18-13(2)4-3-5-17(18)19/h3-9,15-16,20H,10-11H2,1-2H3. The Morgan fingerprint density at radius 2 is 1.70 bits per heavy atom. The number of hydrogen-bond donors (Lipinski definition) is 1. The molecule has 0 heterocycles. The van der Waals surface area contributed by atoms with E-state index in [1.54, 1.807) is 0 Å². The van der Waals surface area contributed by atoms with Gasteiger partial charge in [0.25, 0.3) is 0 Å². The highest BCUT2D eigenvalue weighted by Gasteiger charge is 2.30. The smallest absolute Gasteiger partial charge is 0.0640 e. The zero-order valence-electron chi connectivity index (χ0n) is 12.0. The summed E-state index contributed by atoms with van der Waals surface area (Å²) in [7, 11) is 0. The van der Waals surface area contributed by atoms with Crippen LogP contribution >= 0.6 is 11.6 Å². The first kappa shape index (κ1) is 13.5. The van der Waals surface area contributed by atoms with E-state index in [2.05, 4.69) is 49.5 Å². The Hall–Kier alpha value is -1.47. The molecule has 20 heavy (non-hydrogen) atoms. The normalized spacial score (nSPS) is 21.4. The van der Waals surface area contributed by atoms with Crippen molar-refractivity contribution in [3.8, 4) is 0 Å². The lowest BCUT2D eigenvalue weighted by atomic mass is 9.75. The zero-order chi connectivity index (χ0) is 14.1. The molecule has 2 aromatic carbocycles. The van der Waals surface area contributed by atoms with E-state index in [1.165, 1.54) is 29.5 Å². The first-order valence-electron chi connectivity index (χ1n) is 7.21. The maximum atomic E-state index is 6.26. The predicted octanol–water partition coefficient (Wildman–Crippen LogP) is 5.31. The van der Waals surface area contributed by atoms with Crippen molar-refractivity contribution in [2.24, 2.45) is 0 Å². The van der Waals surface area contributed by atoms with Crippen LogP contribution in [-0.2, 0) is 0 Å². The molecule has 0 aromatic heterocycles. The minimum Gasteiger partial charge on any atom is -0.381 e. The number of hydrogen-bond acceptors (Lipinski definition) is 1. The van der Waals surface area contributed by atoms with E-state index >= 15 is 0 Å². The summed E-state index contributed by atoms with van der Waals surface area (Å²) >= 11 is 6.26. The lowest BCUT2D eigenvalue weighted by Crippen LogP contribution is -2.34. The number of anilines is 1. The van der Waals surface area contributed by atoms with Crippen LogP contribution in [0, 0.1) is 13.8 Å². The topological polar surface area (TPSA) is 12.0 Å². The van der Waals surface area contributed by atoms with Crippen molar-refractivity contribution in [2.75, 3.05) is 5.32 Å². The molecule has 0 bridgehead atoms. The summed E-state index contributed by atoms with van der Waals surface area (Å²) in [5, 5.41) is 4.42. The Morgan fingerprint density at radius 3 is 2.35 bits per heavy atom. The summed E-state index contributed by atoms with van der Waals surface area (Å²) < 4.78 is 0. The molecule has 1 aliphatic carbocycles. The molecule has 1 saturated carbocycles. The molecule has 0 unspecified atom stereocenters. The molecule has 0 spiro atoms. The van der Waals surface area contributed by atoms with Crippen molar-refractivity contribution >= 4 is 17.3 Å². The fourth-order valence-electron chi connectivity index (χ4n) is 2.87. The van der Waals surface area contributed by atoms with E-state index in [0.717, 1.165) is 10.7 Å². The van der Waals surface area contributed by atoms with E-state index in [0.29, 0.717) is 12.0 Å². The van der Waals surface area contributed by atoms with Gasteiger partial charge in [0.05, 0.1) is 10.7 Å². The molecular weight excluding hydrogens is 266 g/mol. The Labute approximate surface area is 126 Å². The van der Waals surface area contributed by atoms with Gasteiger partial charge in [-0.25, -0.2) is 0 Å². The average Bonchev–Trinajstić information content (AvgIpc) is 2.38. The second-order valence-electron chi connectivity index (χ2n) is 5.85. The molecule has 2 aromatic rings. The third kappa shape index (κ3) is 2.69. The minimum atomic E-state index is 0.542. The molecule has 0 saturated heterocycles. The molecule has 1 aliphatic rings. The third-order valence-corrected chi connectivity index (χ3v) is 4.57. The van der Waals surface area contributed by atoms with Gasteiger partial charge in [0.1, 0.15) is 0 Å². The quantitative estimate of drug-likeness (QED) is 0.805. The highest BCUT2D eigenvalue weighted by Crippen LogP contribution is 2.40. The monoisotopic (exact) mass is 285 g/mol. The predicted molar refractivity (Wildman–Crippen MR) is 86.8 cm³/mol. The summed E-state index contributed by atoms with van der Waals surface area (Å²) in [6.45, 7) is 4.24. The van der Waals surface area contributed by atoms with E-state index in [1.807, 2.05) is 12.1 Å². The SMILES string of the molecule is Cc1ccc(C2CC(Nc3c(C)cccc3Cl)C2)cc1. The Morgan fingerprint density at radius 1 is 1.00 bits per heavy atom. The number of halogens is 1. The van der Waals surface area contributed by atoms with Gasteiger partial charge in [-0.1, -0.05) is 53.6 Å². The fourth-order valence-corrected chi connectivity index (χ4v) is 3.14. The van der Waals surface area contributed by atoms with Gasteiger partial charge in [-0.05, 0) is 49.8 Å². The van der Waals surface area contributed by atoms with Gasteiger partial charge in [-0.3, -0.25) is 0 Å². The van der Waals surface area contributed by atoms with Crippen LogP contribution in [0.1, 0.15) is 35.4 Å². The van der Waals surface area contributed by atoms with Crippen LogP contribution in [0.15, 0.2) is 42.5 Å². The molecule has 2 heteroatoms. The lowest BCUT2D eigenvalue weighted by molar-refractivity contribution is 0.374. The van der Waals surface area contributed by atoms with Crippen molar-refractivity contribution < 1.29 is 0 Å². The van der Waals surface area contributed by atoms with Crippen LogP contribution in [0.2, 0.25) is 5.02 Å². The first-order chi connectivity index (χ1) is 9.63. The Kier molecular flexibility index (Phi) is 3.71. The molecule has 0 amide bonds. The molecule has 0 radical (unpaired) electrons. The Bertz CT molecular complexity index is 577. The summed E-state index contributed by atoms with van der Waals surface area (Å²) in [5.41, 5.74) is 5.11. The highest BCUT2D eigenvalue weighted by molar-refractivity contribution is 6.33. The largest absolute Gasteiger partial charge is 0.381 e. The number of nitrogens with one attached hydrogen (secondary N) is 1. The van der Waals surface area contributed by atoms with Gasteiger partial charge in [0.15, 0.2) is 0 Å². The summed E-state index contributed by atoms with van der Waals surface area (Å²) in [6, 6.07) is 15.5. The maximum absolute atomic E-state index is 6.26. The van der Waals surface area contributed by atoms with Gasteiger partial charge in [0.2, 0.25) is 0 Å². The fraction of sp³-hybridized carbons (Fsp3) is 0.333. The van der Waals surface area contributed by atoms with Crippen LogP contribution in [0.5, 0.6) is 0 Å². The molecule has 3 rings (SSSR count). The van der Waals surface area contributed by atoms with Crippen LogP contribution in [0.4, 0.5) is 5.69 Å². The number of benzene rings is 2. The average molecular weight is 286 g/mol. The van der Waals surface area contributed by atoms with Crippen LogP contribution in [0.25, 0.3) is 0 Å². The van der Waals surface area contributed by atoms with Crippen LogP contribution in [-0.4, -0.2) is 6.04 Å². The molecule has 104 valence electrons. The van der Waals surface area contributed by atoms with Crippen LogP contribution in [0.3, 0.4) is 0 Å². The molecule has 1 N–H and O–H groups in total. The van der Waals surface area contributed by atoms with Crippen molar-refractivity contribution in [3.05, 3.63) is 64.2 Å². The number of aryl methyl sites for hydroxylation is 2. The summed E-state index contributed by atoms with van der Waals surface area (Å²) in [6.07, 6.45) is 2.38. The summed E-state index contributed by atoms with van der Waals surface area (Å²) in [4.78, 5) is 0. The Balaban J connectivity index is 1.62. The van der Waals surface area contributed by atoms with Crippen molar-refractivity contribution in [3.63, 3.8) is 0 Å². The van der Waals surface area contributed by atoms with Crippen LogP contribution < -0.4 is 5.32 Å². The van der Waals surface area contributed by atoms with Gasteiger partial charge >= 0.3 is 0 Å². The first-order valence-corrected chi connectivity index (χ1v) is 7.59. The van der Waals surface area contributed by atoms with Gasteiger partial charge in [-0.2, -0.15) is 0 Å². The van der Waals surface area contributed by atoms with Crippen molar-refractivity contribution in [2.45, 2.75) is 38.6 Å². The molecular formula is C18H20ClN. The van der Waals surface area contributed by atoms with Gasteiger partial charge in [-0.15, -0.1) is 0 Å². The van der Waals surface area contributed by atoms with Gasteiger partial charge < -0.3 is 5.32 Å². The zero-order valence-corrected chi connectivity index (χ0v) is 12.7.